The van der Waals surface area contributed by atoms with Crippen LogP contribution in [0.4, 0.5) is 0 Å². The molecule has 0 N–H and O–H groups in total. The SMILES string of the molecule is COc1ccc(OC(C=O)=CN(C)C)cc1. The van der Waals surface area contributed by atoms with Crippen molar-refractivity contribution in [3.05, 3.63) is 36.2 Å². The van der Waals surface area contributed by atoms with Gasteiger partial charge in [0.05, 0.1) is 7.11 Å². The van der Waals surface area contributed by atoms with E-state index in [9.17, 15) is 4.79 Å². The van der Waals surface area contributed by atoms with E-state index in [0.29, 0.717) is 12.0 Å². The zero-order valence-electron chi connectivity index (χ0n) is 9.64. The molecule has 0 amide bonds. The largest absolute Gasteiger partial charge is 0.497 e. The lowest BCUT2D eigenvalue weighted by molar-refractivity contribution is -0.106. The van der Waals surface area contributed by atoms with Crippen molar-refractivity contribution in [3.63, 3.8) is 0 Å². The van der Waals surface area contributed by atoms with Gasteiger partial charge in [-0.15, -0.1) is 0 Å². The average Bonchev–Trinajstić information content (AvgIpc) is 2.28. The van der Waals surface area contributed by atoms with Crippen LogP contribution in [0.2, 0.25) is 0 Å². The molecule has 0 unspecified atom stereocenters. The average molecular weight is 221 g/mol. The van der Waals surface area contributed by atoms with Gasteiger partial charge in [0.2, 0.25) is 0 Å². The van der Waals surface area contributed by atoms with E-state index in [1.807, 2.05) is 14.1 Å². The predicted molar refractivity (Wildman–Crippen MR) is 61.5 cm³/mol. The van der Waals surface area contributed by atoms with Gasteiger partial charge in [-0.2, -0.15) is 0 Å². The fraction of sp³-hybridized carbons (Fsp3) is 0.250. The fourth-order valence-electron chi connectivity index (χ4n) is 1.12. The monoisotopic (exact) mass is 221 g/mol. The number of ether oxygens (including phenoxy) is 2. The molecular formula is C12H15NO3. The smallest absolute Gasteiger partial charge is 0.186 e. The second-order valence-electron chi connectivity index (χ2n) is 3.39. The summed E-state index contributed by atoms with van der Waals surface area (Å²) in [5, 5.41) is 0. The Morgan fingerprint density at radius 2 is 1.75 bits per heavy atom. The van der Waals surface area contributed by atoms with Crippen LogP contribution in [0.15, 0.2) is 36.2 Å². The molecule has 1 rings (SSSR count). The number of hydrogen-bond acceptors (Lipinski definition) is 4. The molecule has 0 bridgehead atoms. The summed E-state index contributed by atoms with van der Waals surface area (Å²) in [4.78, 5) is 12.5. The number of nitrogens with zero attached hydrogens (tertiary/aromatic N) is 1. The standard InChI is InChI=1S/C12H15NO3/c1-13(2)8-12(9-14)16-11-6-4-10(15-3)5-7-11/h4-9H,1-3H3. The highest BCUT2D eigenvalue weighted by Crippen LogP contribution is 2.18. The zero-order chi connectivity index (χ0) is 12.0. The van der Waals surface area contributed by atoms with Crippen LogP contribution in [0.1, 0.15) is 0 Å². The first-order valence-electron chi connectivity index (χ1n) is 4.81. The van der Waals surface area contributed by atoms with Gasteiger partial charge in [-0.3, -0.25) is 4.79 Å². The molecule has 0 aliphatic rings. The van der Waals surface area contributed by atoms with Gasteiger partial charge in [0.15, 0.2) is 12.0 Å². The first kappa shape index (κ1) is 12.1. The van der Waals surface area contributed by atoms with E-state index in [4.69, 9.17) is 9.47 Å². The molecule has 4 nitrogen and oxygen atoms in total. The number of carbonyl (C=O) groups is 1. The Labute approximate surface area is 95.1 Å². The van der Waals surface area contributed by atoms with Crippen LogP contribution in [-0.2, 0) is 4.79 Å². The molecule has 0 aliphatic heterocycles. The minimum absolute atomic E-state index is 0.259. The van der Waals surface area contributed by atoms with E-state index in [0.717, 1.165) is 5.75 Å². The van der Waals surface area contributed by atoms with Gasteiger partial charge in [0, 0.05) is 20.3 Å². The van der Waals surface area contributed by atoms with Gasteiger partial charge in [0.1, 0.15) is 11.5 Å². The van der Waals surface area contributed by atoms with Crippen molar-refractivity contribution < 1.29 is 14.3 Å². The quantitative estimate of drug-likeness (QED) is 0.431. The van der Waals surface area contributed by atoms with Crippen molar-refractivity contribution in [2.75, 3.05) is 21.2 Å². The van der Waals surface area contributed by atoms with E-state index in [1.165, 1.54) is 0 Å². The Bertz CT molecular complexity index is 368. The second-order valence-corrected chi connectivity index (χ2v) is 3.39. The van der Waals surface area contributed by atoms with Gasteiger partial charge >= 0.3 is 0 Å². The summed E-state index contributed by atoms with van der Waals surface area (Å²) in [7, 11) is 5.24. The highest BCUT2D eigenvalue weighted by Gasteiger charge is 2.00. The summed E-state index contributed by atoms with van der Waals surface area (Å²) in [6.45, 7) is 0. The molecular weight excluding hydrogens is 206 g/mol. The lowest BCUT2D eigenvalue weighted by atomic mass is 10.3. The highest BCUT2D eigenvalue weighted by atomic mass is 16.5. The first-order chi connectivity index (χ1) is 7.65. The Kier molecular flexibility index (Phi) is 4.39. The fourth-order valence-corrected chi connectivity index (χ4v) is 1.12. The molecule has 0 heterocycles. The summed E-state index contributed by atoms with van der Waals surface area (Å²) < 4.78 is 10.4. The Morgan fingerprint density at radius 3 is 2.19 bits per heavy atom. The van der Waals surface area contributed by atoms with Crippen LogP contribution >= 0.6 is 0 Å². The summed E-state index contributed by atoms with van der Waals surface area (Å²) in [6, 6.07) is 7.03. The van der Waals surface area contributed by atoms with Crippen molar-refractivity contribution in [2.45, 2.75) is 0 Å². The van der Waals surface area contributed by atoms with Gasteiger partial charge < -0.3 is 14.4 Å². The predicted octanol–water partition coefficient (Wildman–Crippen LogP) is 1.68. The van der Waals surface area contributed by atoms with Gasteiger partial charge in [-0.05, 0) is 24.3 Å². The van der Waals surface area contributed by atoms with Crippen molar-refractivity contribution in [1.29, 1.82) is 0 Å². The maximum absolute atomic E-state index is 10.7. The summed E-state index contributed by atoms with van der Waals surface area (Å²) in [5.41, 5.74) is 0. The topological polar surface area (TPSA) is 38.8 Å². The molecule has 0 spiro atoms. The molecule has 0 fully saturated rings. The van der Waals surface area contributed by atoms with Crippen molar-refractivity contribution in [2.24, 2.45) is 0 Å². The van der Waals surface area contributed by atoms with Crippen molar-refractivity contribution in [1.82, 2.24) is 4.90 Å². The van der Waals surface area contributed by atoms with Crippen LogP contribution in [0, 0.1) is 0 Å². The summed E-state index contributed by atoms with van der Waals surface area (Å²) in [6.07, 6.45) is 2.28. The van der Waals surface area contributed by atoms with Crippen LogP contribution in [0.25, 0.3) is 0 Å². The molecule has 1 aromatic rings. The molecule has 0 aromatic heterocycles. The molecule has 0 aliphatic carbocycles. The van der Waals surface area contributed by atoms with E-state index >= 15 is 0 Å². The number of aldehydes is 1. The summed E-state index contributed by atoms with van der Waals surface area (Å²) >= 11 is 0. The Balaban J connectivity index is 2.74. The lowest BCUT2D eigenvalue weighted by Gasteiger charge is -2.09. The third-order valence-corrected chi connectivity index (χ3v) is 1.80. The van der Waals surface area contributed by atoms with E-state index in [-0.39, 0.29) is 5.76 Å². The van der Waals surface area contributed by atoms with Crippen LogP contribution < -0.4 is 9.47 Å². The normalized spacial score (nSPS) is 10.8. The van der Waals surface area contributed by atoms with Crippen molar-refractivity contribution >= 4 is 6.29 Å². The molecule has 0 saturated carbocycles. The van der Waals surface area contributed by atoms with Gasteiger partial charge in [-0.25, -0.2) is 0 Å². The van der Waals surface area contributed by atoms with E-state index in [1.54, 1.807) is 42.5 Å². The number of rotatable bonds is 5. The molecule has 16 heavy (non-hydrogen) atoms. The Morgan fingerprint density at radius 1 is 1.19 bits per heavy atom. The summed E-state index contributed by atoms with van der Waals surface area (Å²) in [5.74, 6) is 1.60. The maximum atomic E-state index is 10.7. The lowest BCUT2D eigenvalue weighted by Crippen LogP contribution is -2.07. The van der Waals surface area contributed by atoms with E-state index < -0.39 is 0 Å². The molecule has 1 aromatic carbocycles. The maximum Gasteiger partial charge on any atom is 0.186 e. The zero-order valence-corrected chi connectivity index (χ0v) is 9.64. The van der Waals surface area contributed by atoms with Gasteiger partial charge in [0.25, 0.3) is 0 Å². The number of benzene rings is 1. The van der Waals surface area contributed by atoms with Crippen molar-refractivity contribution in [3.8, 4) is 11.5 Å². The van der Waals surface area contributed by atoms with Crippen LogP contribution in [0.3, 0.4) is 0 Å². The number of methoxy groups -OCH3 is 1. The molecule has 4 heteroatoms. The molecule has 0 saturated heterocycles. The minimum atomic E-state index is 0.259. The Hall–Kier alpha value is -1.97. The number of allylic oxidation sites excluding steroid dienone is 1. The van der Waals surface area contributed by atoms with E-state index in [2.05, 4.69) is 0 Å². The molecule has 86 valence electrons. The number of hydrogen-bond donors (Lipinski definition) is 0. The molecule has 0 atom stereocenters. The third-order valence-electron chi connectivity index (χ3n) is 1.80. The van der Waals surface area contributed by atoms with Gasteiger partial charge in [-0.1, -0.05) is 0 Å². The third kappa shape index (κ3) is 3.65. The molecule has 0 radical (unpaired) electrons. The second kappa shape index (κ2) is 5.80. The highest BCUT2D eigenvalue weighted by molar-refractivity contribution is 5.70. The number of carbonyl (C=O) groups excluding carboxylic acids is 1. The van der Waals surface area contributed by atoms with Crippen LogP contribution in [-0.4, -0.2) is 32.4 Å². The van der Waals surface area contributed by atoms with Crippen LogP contribution in [0.5, 0.6) is 11.5 Å². The minimum Gasteiger partial charge on any atom is -0.497 e. The first-order valence-corrected chi connectivity index (χ1v) is 4.81.